The molecule has 0 rings (SSSR count). The number of esters is 2. The third-order valence-corrected chi connectivity index (χ3v) is 9.49. The van der Waals surface area contributed by atoms with Crippen LogP contribution in [-0.2, 0) is 23.8 Å². The van der Waals surface area contributed by atoms with Gasteiger partial charge in [0.25, 0.3) is 0 Å². The molecular weight excluding hydrogens is 620 g/mol. The molecule has 1 unspecified atom stereocenters. The summed E-state index contributed by atoms with van der Waals surface area (Å²) in [6.45, 7) is 7.73. The molecule has 0 saturated carbocycles. The van der Waals surface area contributed by atoms with Crippen LogP contribution < -0.4 is 0 Å². The number of unbranched alkanes of at least 4 members (excludes halogenated alkanes) is 25. The molecule has 0 amide bonds. The summed E-state index contributed by atoms with van der Waals surface area (Å²) >= 11 is 0. The molecule has 0 radical (unpaired) electrons. The van der Waals surface area contributed by atoms with Crippen LogP contribution in [0.4, 0.5) is 0 Å². The zero-order chi connectivity index (χ0) is 36.4. The Bertz CT molecular complexity index is 761. The average Bonchev–Trinajstić information content (AvgIpc) is 3.11. The first-order valence-corrected chi connectivity index (χ1v) is 21.9. The summed E-state index contributed by atoms with van der Waals surface area (Å²) in [6, 6.07) is 0. The van der Waals surface area contributed by atoms with Crippen molar-refractivity contribution in [1.82, 2.24) is 0 Å². The molecule has 0 saturated heterocycles. The zero-order valence-electron chi connectivity index (χ0n) is 33.7. The molecule has 0 aromatic rings. The van der Waals surface area contributed by atoms with Gasteiger partial charge in [0.1, 0.15) is 6.61 Å². The first kappa shape index (κ1) is 48.4. The van der Waals surface area contributed by atoms with Crippen LogP contribution in [0.5, 0.6) is 0 Å². The van der Waals surface area contributed by atoms with Gasteiger partial charge < -0.3 is 14.2 Å². The quantitative estimate of drug-likeness (QED) is 0.0361. The monoisotopic (exact) mass is 705 g/mol. The average molecular weight is 705 g/mol. The van der Waals surface area contributed by atoms with E-state index in [1.807, 2.05) is 0 Å². The number of carbonyl (C=O) groups excluding carboxylic acids is 2. The van der Waals surface area contributed by atoms with Gasteiger partial charge in [0.2, 0.25) is 0 Å². The molecule has 0 bridgehead atoms. The molecule has 5 nitrogen and oxygen atoms in total. The van der Waals surface area contributed by atoms with Crippen molar-refractivity contribution in [2.75, 3.05) is 19.8 Å². The highest BCUT2D eigenvalue weighted by Gasteiger charge is 2.17. The van der Waals surface area contributed by atoms with Crippen LogP contribution in [0.25, 0.3) is 0 Å². The molecule has 50 heavy (non-hydrogen) atoms. The van der Waals surface area contributed by atoms with E-state index in [-0.39, 0.29) is 25.2 Å². The van der Waals surface area contributed by atoms with Gasteiger partial charge in [-0.3, -0.25) is 9.59 Å². The molecule has 0 aliphatic rings. The van der Waals surface area contributed by atoms with Crippen LogP contribution in [0.3, 0.4) is 0 Å². The SMILES string of the molecule is CCCCC/C=C\C/C=C\CCCCCCCCOCC(COC(=O)CCCCCCCCCCCCCCC)OC(=O)CCCCCCC. The van der Waals surface area contributed by atoms with Gasteiger partial charge in [0.15, 0.2) is 6.10 Å². The van der Waals surface area contributed by atoms with Crippen molar-refractivity contribution in [2.24, 2.45) is 0 Å². The van der Waals surface area contributed by atoms with Gasteiger partial charge in [-0.15, -0.1) is 0 Å². The molecule has 0 aromatic carbocycles. The van der Waals surface area contributed by atoms with Gasteiger partial charge >= 0.3 is 11.9 Å². The smallest absolute Gasteiger partial charge is 0.306 e. The third-order valence-electron chi connectivity index (χ3n) is 9.49. The predicted octanol–water partition coefficient (Wildman–Crippen LogP) is 14.1. The van der Waals surface area contributed by atoms with Crippen molar-refractivity contribution in [3.63, 3.8) is 0 Å². The van der Waals surface area contributed by atoms with Crippen molar-refractivity contribution in [3.8, 4) is 0 Å². The second-order valence-corrected chi connectivity index (χ2v) is 14.6. The minimum absolute atomic E-state index is 0.0859. The molecule has 0 heterocycles. The number of hydrogen-bond donors (Lipinski definition) is 0. The van der Waals surface area contributed by atoms with E-state index in [0.29, 0.717) is 19.4 Å². The zero-order valence-corrected chi connectivity index (χ0v) is 33.7. The molecule has 0 N–H and O–H groups in total. The lowest BCUT2D eigenvalue weighted by atomic mass is 10.0. The van der Waals surface area contributed by atoms with E-state index in [1.54, 1.807) is 0 Å². The highest BCUT2D eigenvalue weighted by Crippen LogP contribution is 2.14. The van der Waals surface area contributed by atoms with Crippen molar-refractivity contribution < 1.29 is 23.8 Å². The molecule has 0 aliphatic carbocycles. The summed E-state index contributed by atoms with van der Waals surface area (Å²) in [5, 5.41) is 0. The largest absolute Gasteiger partial charge is 0.462 e. The fourth-order valence-electron chi connectivity index (χ4n) is 6.19. The summed E-state index contributed by atoms with van der Waals surface area (Å²) in [5.41, 5.74) is 0. The number of carbonyl (C=O) groups is 2. The van der Waals surface area contributed by atoms with Crippen molar-refractivity contribution in [2.45, 2.75) is 232 Å². The Balaban J connectivity index is 4.07. The highest BCUT2D eigenvalue weighted by molar-refractivity contribution is 5.70. The number of allylic oxidation sites excluding steroid dienone is 4. The molecule has 5 heteroatoms. The normalized spacial score (nSPS) is 12.3. The van der Waals surface area contributed by atoms with E-state index < -0.39 is 6.10 Å². The van der Waals surface area contributed by atoms with E-state index in [1.165, 1.54) is 141 Å². The van der Waals surface area contributed by atoms with Gasteiger partial charge in [-0.2, -0.15) is 0 Å². The fraction of sp³-hybridized carbons (Fsp3) is 0.867. The lowest BCUT2D eigenvalue weighted by Crippen LogP contribution is -2.30. The van der Waals surface area contributed by atoms with Crippen molar-refractivity contribution in [3.05, 3.63) is 24.3 Å². The first-order valence-electron chi connectivity index (χ1n) is 21.9. The molecular formula is C45H84O5. The van der Waals surface area contributed by atoms with Crippen LogP contribution in [-0.4, -0.2) is 37.9 Å². The van der Waals surface area contributed by atoms with Crippen LogP contribution >= 0.6 is 0 Å². The summed E-state index contributed by atoms with van der Waals surface area (Å²) in [6.07, 6.45) is 46.2. The van der Waals surface area contributed by atoms with Gasteiger partial charge in [0.05, 0.1) is 6.61 Å². The standard InChI is InChI=1S/C45H84O5/c1-4-7-10-13-15-17-19-21-22-23-25-27-29-31-34-37-40-48-41-43(50-45(47)39-36-32-12-9-6-3)42-49-44(46)38-35-33-30-28-26-24-20-18-16-14-11-8-5-2/h15,17,21-22,43H,4-14,16,18-20,23-42H2,1-3H3/b17-15-,22-21-. The van der Waals surface area contributed by atoms with Crippen LogP contribution in [0.2, 0.25) is 0 Å². The van der Waals surface area contributed by atoms with Gasteiger partial charge in [0, 0.05) is 19.4 Å². The van der Waals surface area contributed by atoms with Crippen LogP contribution in [0.1, 0.15) is 226 Å². The Kier molecular flexibility index (Phi) is 40.4. The second-order valence-electron chi connectivity index (χ2n) is 14.6. The van der Waals surface area contributed by atoms with Gasteiger partial charge in [-0.1, -0.05) is 186 Å². The maximum absolute atomic E-state index is 12.5. The Hall–Kier alpha value is -1.62. The first-order chi connectivity index (χ1) is 24.6. The molecule has 0 aromatic heterocycles. The van der Waals surface area contributed by atoms with Crippen LogP contribution in [0.15, 0.2) is 24.3 Å². The highest BCUT2D eigenvalue weighted by atomic mass is 16.6. The van der Waals surface area contributed by atoms with E-state index in [4.69, 9.17) is 14.2 Å². The maximum Gasteiger partial charge on any atom is 0.306 e. The number of hydrogen-bond acceptors (Lipinski definition) is 5. The number of rotatable bonds is 40. The van der Waals surface area contributed by atoms with E-state index in [2.05, 4.69) is 45.1 Å². The summed E-state index contributed by atoms with van der Waals surface area (Å²) in [5.74, 6) is -0.407. The minimum atomic E-state index is -0.529. The minimum Gasteiger partial charge on any atom is -0.462 e. The van der Waals surface area contributed by atoms with Crippen molar-refractivity contribution >= 4 is 11.9 Å². The topological polar surface area (TPSA) is 61.8 Å². The second kappa shape index (κ2) is 41.8. The Morgan fingerprint density at radius 3 is 1.36 bits per heavy atom. The predicted molar refractivity (Wildman–Crippen MR) is 215 cm³/mol. The van der Waals surface area contributed by atoms with E-state index >= 15 is 0 Å². The molecule has 0 fully saturated rings. The molecule has 1 atom stereocenters. The van der Waals surface area contributed by atoms with Gasteiger partial charge in [-0.05, 0) is 51.4 Å². The Labute approximate surface area is 311 Å². The summed E-state index contributed by atoms with van der Waals surface area (Å²) in [7, 11) is 0. The van der Waals surface area contributed by atoms with E-state index in [9.17, 15) is 9.59 Å². The maximum atomic E-state index is 12.5. The third kappa shape index (κ3) is 39.2. The summed E-state index contributed by atoms with van der Waals surface area (Å²) in [4.78, 5) is 24.9. The van der Waals surface area contributed by atoms with Gasteiger partial charge in [-0.25, -0.2) is 0 Å². The lowest BCUT2D eigenvalue weighted by Gasteiger charge is -2.18. The lowest BCUT2D eigenvalue weighted by molar-refractivity contribution is -0.163. The Morgan fingerprint density at radius 1 is 0.440 bits per heavy atom. The summed E-state index contributed by atoms with van der Waals surface area (Å²) < 4.78 is 17.2. The van der Waals surface area contributed by atoms with Crippen LogP contribution in [0, 0.1) is 0 Å². The Morgan fingerprint density at radius 2 is 0.840 bits per heavy atom. The molecule has 0 spiro atoms. The molecule has 294 valence electrons. The van der Waals surface area contributed by atoms with Crippen molar-refractivity contribution in [1.29, 1.82) is 0 Å². The molecule has 0 aliphatic heterocycles. The number of ether oxygens (including phenoxy) is 3. The fourth-order valence-corrected chi connectivity index (χ4v) is 6.19. The van der Waals surface area contributed by atoms with E-state index in [0.717, 1.165) is 51.4 Å².